The summed E-state index contributed by atoms with van der Waals surface area (Å²) in [4.78, 5) is 14.5. The van der Waals surface area contributed by atoms with Gasteiger partial charge in [0, 0.05) is 39.0 Å². The maximum Gasteiger partial charge on any atom is 0.274 e. The number of amides is 1. The minimum absolute atomic E-state index is 0.0123. The second-order valence-corrected chi connectivity index (χ2v) is 9.53. The number of carbonyl (C=O) groups is 1. The van der Waals surface area contributed by atoms with Gasteiger partial charge in [-0.2, -0.15) is 5.10 Å². The Kier molecular flexibility index (Phi) is 6.22. The number of rotatable bonds is 6. The maximum absolute atomic E-state index is 12.6. The molecule has 0 radical (unpaired) electrons. The van der Waals surface area contributed by atoms with Crippen molar-refractivity contribution in [3.8, 4) is 0 Å². The fourth-order valence-electron chi connectivity index (χ4n) is 4.10. The topological polar surface area (TPSA) is 93.5 Å². The van der Waals surface area contributed by atoms with E-state index in [0.717, 1.165) is 38.6 Å². The van der Waals surface area contributed by atoms with Crippen LogP contribution in [0.15, 0.2) is 12.3 Å². The molecule has 1 amide bonds. The van der Waals surface area contributed by atoms with E-state index in [9.17, 15) is 13.2 Å². The molecule has 2 saturated heterocycles. The molecular weight excluding hydrogens is 368 g/mol. The van der Waals surface area contributed by atoms with E-state index < -0.39 is 10.0 Å². The number of nitrogens with one attached hydrogen (secondary N) is 1. The van der Waals surface area contributed by atoms with Crippen molar-refractivity contribution < 1.29 is 17.9 Å². The van der Waals surface area contributed by atoms with E-state index in [1.54, 1.807) is 10.7 Å². The molecule has 1 spiro atoms. The summed E-state index contributed by atoms with van der Waals surface area (Å²) in [6.07, 6.45) is 7.39. The van der Waals surface area contributed by atoms with Crippen molar-refractivity contribution in [2.45, 2.75) is 51.2 Å². The monoisotopic (exact) mass is 398 g/mol. The van der Waals surface area contributed by atoms with E-state index in [1.807, 2.05) is 18.0 Å². The molecule has 27 heavy (non-hydrogen) atoms. The van der Waals surface area contributed by atoms with Gasteiger partial charge in [0.1, 0.15) is 5.69 Å². The second kappa shape index (κ2) is 8.28. The molecule has 8 nitrogen and oxygen atoms in total. The average Bonchev–Trinajstić information content (AvgIpc) is 3.10. The number of sulfonamides is 1. The molecule has 3 rings (SSSR count). The minimum Gasteiger partial charge on any atom is -0.375 e. The van der Waals surface area contributed by atoms with Gasteiger partial charge in [-0.15, -0.1) is 0 Å². The molecule has 0 saturated carbocycles. The van der Waals surface area contributed by atoms with Gasteiger partial charge in [0.15, 0.2) is 0 Å². The molecular formula is C18H30N4O4S. The number of nitrogens with zero attached hydrogens (tertiary/aromatic N) is 3. The fraction of sp³-hybridized carbons (Fsp3) is 0.778. The van der Waals surface area contributed by atoms with Crippen LogP contribution in [0, 0.1) is 5.92 Å². The number of aromatic nitrogens is 2. The molecule has 1 aromatic heterocycles. The molecule has 2 aliphatic heterocycles. The molecule has 1 atom stereocenters. The Morgan fingerprint density at radius 1 is 1.41 bits per heavy atom. The molecule has 0 aliphatic carbocycles. The van der Waals surface area contributed by atoms with E-state index >= 15 is 0 Å². The zero-order chi connectivity index (χ0) is 19.5. The first kappa shape index (κ1) is 20.3. The Bertz CT molecular complexity index is 753. The van der Waals surface area contributed by atoms with Crippen LogP contribution < -0.4 is 4.72 Å². The van der Waals surface area contributed by atoms with Crippen molar-refractivity contribution in [3.05, 3.63) is 18.0 Å². The third-order valence-corrected chi connectivity index (χ3v) is 6.39. The highest BCUT2D eigenvalue weighted by atomic mass is 32.2. The van der Waals surface area contributed by atoms with Gasteiger partial charge in [0.2, 0.25) is 10.0 Å². The highest BCUT2D eigenvalue weighted by Gasteiger charge is 2.41. The van der Waals surface area contributed by atoms with Crippen LogP contribution in [-0.4, -0.2) is 67.1 Å². The van der Waals surface area contributed by atoms with Gasteiger partial charge in [-0.1, -0.05) is 0 Å². The van der Waals surface area contributed by atoms with Crippen LogP contribution in [0.5, 0.6) is 0 Å². The zero-order valence-corrected chi connectivity index (χ0v) is 17.0. The van der Waals surface area contributed by atoms with E-state index in [0.29, 0.717) is 37.9 Å². The normalized spacial score (nSPS) is 22.9. The molecule has 3 heterocycles. The summed E-state index contributed by atoms with van der Waals surface area (Å²) in [7, 11) is -3.13. The van der Waals surface area contributed by atoms with Gasteiger partial charge in [-0.05, 0) is 51.0 Å². The summed E-state index contributed by atoms with van der Waals surface area (Å²) < 4.78 is 32.9. The molecule has 0 bridgehead atoms. The first-order valence-electron chi connectivity index (χ1n) is 9.71. The Morgan fingerprint density at radius 2 is 2.15 bits per heavy atom. The van der Waals surface area contributed by atoms with Gasteiger partial charge in [-0.3, -0.25) is 9.48 Å². The number of aryl methyl sites for hydroxylation is 1. The summed E-state index contributed by atoms with van der Waals surface area (Å²) in [5.41, 5.74) is 0.329. The molecule has 1 unspecified atom stereocenters. The lowest BCUT2D eigenvalue weighted by atomic mass is 9.78. The summed E-state index contributed by atoms with van der Waals surface area (Å²) >= 11 is 0. The number of piperidine rings is 1. The standard InChI is InChI=1S/C18H30N4O4S/c1-3-22-10-5-16(20-22)17(23)21-11-7-18(8-12-21)14-15(6-13-26-18)4-9-19-27(2,24)25/h5,10,15,19H,3-4,6-9,11-14H2,1-2H3. The van der Waals surface area contributed by atoms with Crippen LogP contribution in [0.1, 0.15) is 49.5 Å². The highest BCUT2D eigenvalue weighted by molar-refractivity contribution is 7.88. The number of ether oxygens (including phenoxy) is 1. The third-order valence-electron chi connectivity index (χ3n) is 5.66. The lowest BCUT2D eigenvalue weighted by Crippen LogP contribution is -2.51. The van der Waals surface area contributed by atoms with Gasteiger partial charge >= 0.3 is 0 Å². The van der Waals surface area contributed by atoms with Crippen molar-refractivity contribution in [1.82, 2.24) is 19.4 Å². The fourth-order valence-corrected chi connectivity index (χ4v) is 4.59. The molecule has 0 aromatic carbocycles. The summed E-state index contributed by atoms with van der Waals surface area (Å²) in [5.74, 6) is 0.442. The molecule has 1 N–H and O–H groups in total. The van der Waals surface area contributed by atoms with Gasteiger partial charge in [0.25, 0.3) is 5.91 Å². The molecule has 1 aromatic rings. The maximum atomic E-state index is 12.6. The van der Waals surface area contributed by atoms with Crippen molar-refractivity contribution >= 4 is 15.9 Å². The SMILES string of the molecule is CCn1ccc(C(=O)N2CCC3(CC2)CC(CCNS(C)(=O)=O)CCO3)n1. The summed E-state index contributed by atoms with van der Waals surface area (Å²) in [5, 5.41) is 4.31. The number of hydrogen-bond donors (Lipinski definition) is 1. The zero-order valence-electron chi connectivity index (χ0n) is 16.2. The molecule has 2 fully saturated rings. The Balaban J connectivity index is 1.51. The Hall–Kier alpha value is -1.45. The van der Waals surface area contributed by atoms with Crippen LogP contribution in [0.3, 0.4) is 0 Å². The highest BCUT2D eigenvalue weighted by Crippen LogP contribution is 2.38. The summed E-state index contributed by atoms with van der Waals surface area (Å²) in [6, 6.07) is 1.78. The molecule has 152 valence electrons. The van der Waals surface area contributed by atoms with E-state index in [1.165, 1.54) is 6.26 Å². The van der Waals surface area contributed by atoms with Crippen molar-refractivity contribution in [1.29, 1.82) is 0 Å². The summed E-state index contributed by atoms with van der Waals surface area (Å²) in [6.45, 7) is 5.27. The number of carbonyl (C=O) groups excluding carboxylic acids is 1. The lowest BCUT2D eigenvalue weighted by molar-refractivity contribution is -0.124. The van der Waals surface area contributed by atoms with Gasteiger partial charge in [-0.25, -0.2) is 13.1 Å². The second-order valence-electron chi connectivity index (χ2n) is 7.69. The van der Waals surface area contributed by atoms with Crippen molar-refractivity contribution in [2.75, 3.05) is 32.5 Å². The molecule has 2 aliphatic rings. The third kappa shape index (κ3) is 5.30. The van der Waals surface area contributed by atoms with Crippen LogP contribution in [0.2, 0.25) is 0 Å². The van der Waals surface area contributed by atoms with E-state index in [2.05, 4.69) is 9.82 Å². The molecule has 9 heteroatoms. The lowest BCUT2D eigenvalue weighted by Gasteiger charge is -2.46. The Labute approximate surface area is 161 Å². The average molecular weight is 399 g/mol. The first-order chi connectivity index (χ1) is 12.8. The van der Waals surface area contributed by atoms with E-state index in [4.69, 9.17) is 4.74 Å². The van der Waals surface area contributed by atoms with Crippen LogP contribution in [0.25, 0.3) is 0 Å². The van der Waals surface area contributed by atoms with Gasteiger partial charge < -0.3 is 9.64 Å². The Morgan fingerprint density at radius 3 is 2.78 bits per heavy atom. The van der Waals surface area contributed by atoms with E-state index in [-0.39, 0.29) is 11.5 Å². The smallest absolute Gasteiger partial charge is 0.274 e. The van der Waals surface area contributed by atoms with Crippen LogP contribution in [0.4, 0.5) is 0 Å². The van der Waals surface area contributed by atoms with Crippen molar-refractivity contribution in [2.24, 2.45) is 5.92 Å². The predicted octanol–water partition coefficient (Wildman–Crippen LogP) is 1.24. The van der Waals surface area contributed by atoms with Crippen molar-refractivity contribution in [3.63, 3.8) is 0 Å². The van der Waals surface area contributed by atoms with Crippen LogP contribution in [-0.2, 0) is 21.3 Å². The first-order valence-corrected chi connectivity index (χ1v) is 11.6. The quantitative estimate of drug-likeness (QED) is 0.778. The number of likely N-dealkylation sites (tertiary alicyclic amines) is 1. The largest absolute Gasteiger partial charge is 0.375 e. The van der Waals surface area contributed by atoms with Gasteiger partial charge in [0.05, 0.1) is 11.9 Å². The van der Waals surface area contributed by atoms with Crippen LogP contribution >= 0.6 is 0 Å². The predicted molar refractivity (Wildman–Crippen MR) is 102 cm³/mol. The number of hydrogen-bond acceptors (Lipinski definition) is 5. The minimum atomic E-state index is -3.13.